The van der Waals surface area contributed by atoms with Crippen molar-refractivity contribution >= 4 is 11.7 Å². The summed E-state index contributed by atoms with van der Waals surface area (Å²) in [6.07, 6.45) is 2.96. The molecule has 2 rings (SSSR count). The van der Waals surface area contributed by atoms with E-state index in [0.29, 0.717) is 5.69 Å². The number of carboxylic acids is 1. The molecule has 19 heavy (non-hydrogen) atoms. The molecule has 6 nitrogen and oxygen atoms in total. The number of carboxylic acid groups (broad SMARTS) is 1. The summed E-state index contributed by atoms with van der Waals surface area (Å²) in [5, 5.41) is 12.3. The Hall–Kier alpha value is -1.66. The van der Waals surface area contributed by atoms with Crippen LogP contribution in [-0.4, -0.2) is 59.8 Å². The van der Waals surface area contributed by atoms with Crippen molar-refractivity contribution in [1.29, 1.82) is 0 Å². The molecule has 0 amide bonds. The molecule has 2 N–H and O–H groups in total. The lowest BCUT2D eigenvalue weighted by atomic mass is 10.2. The smallest absolute Gasteiger partial charge is 0.339 e. The minimum Gasteiger partial charge on any atom is -0.478 e. The van der Waals surface area contributed by atoms with Gasteiger partial charge in [-0.25, -0.2) is 4.79 Å². The molecule has 1 atom stereocenters. The van der Waals surface area contributed by atoms with Crippen molar-refractivity contribution in [1.82, 2.24) is 9.88 Å². The second-order valence-corrected chi connectivity index (χ2v) is 4.68. The summed E-state index contributed by atoms with van der Waals surface area (Å²) in [7, 11) is 0. The monoisotopic (exact) mass is 265 g/mol. The van der Waals surface area contributed by atoms with Gasteiger partial charge in [0.25, 0.3) is 0 Å². The fraction of sp³-hybridized carbons (Fsp3) is 0.538. The summed E-state index contributed by atoms with van der Waals surface area (Å²) >= 11 is 0. The Labute approximate surface area is 112 Å². The Kier molecular flexibility index (Phi) is 4.70. The van der Waals surface area contributed by atoms with E-state index in [2.05, 4.69) is 15.2 Å². The van der Waals surface area contributed by atoms with Gasteiger partial charge >= 0.3 is 5.97 Å². The molecular formula is C13H19N3O3. The maximum Gasteiger partial charge on any atom is 0.339 e. The molecule has 1 aliphatic heterocycles. The molecule has 1 fully saturated rings. The molecule has 104 valence electrons. The normalized spacial score (nSPS) is 17.9. The van der Waals surface area contributed by atoms with Gasteiger partial charge in [-0.1, -0.05) is 0 Å². The maximum atomic E-state index is 11.1. The summed E-state index contributed by atoms with van der Waals surface area (Å²) in [5.41, 5.74) is 0.819. The van der Waals surface area contributed by atoms with Crippen LogP contribution in [0.3, 0.4) is 0 Å². The van der Waals surface area contributed by atoms with Gasteiger partial charge in [0.05, 0.1) is 18.9 Å². The van der Waals surface area contributed by atoms with E-state index in [9.17, 15) is 4.79 Å². The van der Waals surface area contributed by atoms with Crippen LogP contribution < -0.4 is 5.32 Å². The van der Waals surface area contributed by atoms with Crippen LogP contribution in [0.15, 0.2) is 18.5 Å². The molecule has 1 unspecified atom stereocenters. The van der Waals surface area contributed by atoms with E-state index in [0.717, 1.165) is 32.8 Å². The lowest BCUT2D eigenvalue weighted by molar-refractivity contribution is 0.0368. The summed E-state index contributed by atoms with van der Waals surface area (Å²) in [5.74, 6) is -0.964. The molecule has 1 aromatic rings. The fourth-order valence-corrected chi connectivity index (χ4v) is 2.17. The first-order valence-electron chi connectivity index (χ1n) is 6.41. The van der Waals surface area contributed by atoms with Crippen molar-refractivity contribution in [2.75, 3.05) is 38.2 Å². The average Bonchev–Trinajstić information content (AvgIpc) is 2.40. The highest BCUT2D eigenvalue weighted by Gasteiger charge is 2.16. The number of anilines is 1. The number of nitrogens with one attached hydrogen (secondary N) is 1. The van der Waals surface area contributed by atoms with Crippen LogP contribution in [0, 0.1) is 0 Å². The van der Waals surface area contributed by atoms with E-state index in [1.165, 1.54) is 6.20 Å². The van der Waals surface area contributed by atoms with E-state index in [-0.39, 0.29) is 11.6 Å². The molecule has 1 aliphatic rings. The third-order valence-electron chi connectivity index (χ3n) is 3.09. The largest absolute Gasteiger partial charge is 0.478 e. The van der Waals surface area contributed by atoms with E-state index >= 15 is 0 Å². The highest BCUT2D eigenvalue weighted by molar-refractivity contribution is 5.93. The predicted molar refractivity (Wildman–Crippen MR) is 71.5 cm³/mol. The minimum absolute atomic E-state index is 0.165. The van der Waals surface area contributed by atoms with Crippen molar-refractivity contribution in [2.24, 2.45) is 0 Å². The summed E-state index contributed by atoms with van der Waals surface area (Å²) < 4.78 is 5.30. The number of carbonyl (C=O) groups is 1. The first-order valence-corrected chi connectivity index (χ1v) is 6.41. The molecule has 0 bridgehead atoms. The Morgan fingerprint density at radius 1 is 1.58 bits per heavy atom. The molecule has 0 saturated carbocycles. The van der Waals surface area contributed by atoms with E-state index in [1.807, 2.05) is 6.92 Å². The van der Waals surface area contributed by atoms with Crippen molar-refractivity contribution < 1.29 is 14.6 Å². The third kappa shape index (κ3) is 3.90. The van der Waals surface area contributed by atoms with Crippen LogP contribution in [0.25, 0.3) is 0 Å². The third-order valence-corrected chi connectivity index (χ3v) is 3.09. The van der Waals surface area contributed by atoms with Gasteiger partial charge in [-0.3, -0.25) is 9.88 Å². The number of rotatable bonds is 5. The highest BCUT2D eigenvalue weighted by atomic mass is 16.5. The van der Waals surface area contributed by atoms with Crippen molar-refractivity contribution in [2.45, 2.75) is 13.0 Å². The summed E-state index contributed by atoms with van der Waals surface area (Å²) in [6, 6.07) is 1.86. The van der Waals surface area contributed by atoms with Crippen LogP contribution in [0.4, 0.5) is 5.69 Å². The number of nitrogens with zero attached hydrogens (tertiary/aromatic N) is 2. The van der Waals surface area contributed by atoms with Gasteiger partial charge in [0.15, 0.2) is 0 Å². The average molecular weight is 265 g/mol. The van der Waals surface area contributed by atoms with Gasteiger partial charge in [0.2, 0.25) is 0 Å². The van der Waals surface area contributed by atoms with Gasteiger partial charge in [-0.15, -0.1) is 0 Å². The molecule has 1 saturated heterocycles. The number of aromatic nitrogens is 1. The van der Waals surface area contributed by atoms with Gasteiger partial charge < -0.3 is 15.2 Å². The Morgan fingerprint density at radius 3 is 3.00 bits per heavy atom. The number of morpholine rings is 1. The molecule has 0 aromatic carbocycles. The quantitative estimate of drug-likeness (QED) is 0.824. The predicted octanol–water partition coefficient (Wildman–Crippen LogP) is 0.912. The lowest BCUT2D eigenvalue weighted by Crippen LogP contribution is -2.42. The van der Waals surface area contributed by atoms with E-state index in [4.69, 9.17) is 9.84 Å². The number of hydrogen-bond acceptors (Lipinski definition) is 5. The molecule has 2 heterocycles. The first kappa shape index (κ1) is 13.8. The Bertz CT molecular complexity index is 433. The van der Waals surface area contributed by atoms with Crippen LogP contribution >= 0.6 is 0 Å². The van der Waals surface area contributed by atoms with Crippen LogP contribution in [0.5, 0.6) is 0 Å². The fourth-order valence-electron chi connectivity index (χ4n) is 2.17. The summed E-state index contributed by atoms with van der Waals surface area (Å²) in [4.78, 5) is 17.2. The van der Waals surface area contributed by atoms with Crippen LogP contribution in [-0.2, 0) is 4.74 Å². The minimum atomic E-state index is -0.964. The molecule has 0 radical (unpaired) electrons. The SMILES string of the molecule is CC(CN1CCOCC1)Nc1ccncc1C(=O)O. The lowest BCUT2D eigenvalue weighted by Gasteiger charge is -2.29. The van der Waals surface area contributed by atoms with Gasteiger partial charge in [0.1, 0.15) is 5.56 Å². The Balaban J connectivity index is 1.94. The maximum absolute atomic E-state index is 11.1. The van der Waals surface area contributed by atoms with E-state index in [1.54, 1.807) is 12.3 Å². The van der Waals surface area contributed by atoms with Crippen LogP contribution in [0.1, 0.15) is 17.3 Å². The molecule has 0 aliphatic carbocycles. The number of ether oxygens (including phenoxy) is 1. The molecule has 1 aromatic heterocycles. The van der Waals surface area contributed by atoms with Gasteiger partial charge in [-0.05, 0) is 13.0 Å². The number of aromatic carboxylic acids is 1. The zero-order valence-electron chi connectivity index (χ0n) is 11.0. The van der Waals surface area contributed by atoms with Crippen molar-refractivity contribution in [3.05, 3.63) is 24.0 Å². The molecule has 0 spiro atoms. The zero-order valence-corrected chi connectivity index (χ0v) is 11.0. The van der Waals surface area contributed by atoms with Crippen molar-refractivity contribution in [3.63, 3.8) is 0 Å². The first-order chi connectivity index (χ1) is 9.16. The number of pyridine rings is 1. The second kappa shape index (κ2) is 6.49. The highest BCUT2D eigenvalue weighted by Crippen LogP contribution is 2.15. The topological polar surface area (TPSA) is 74.7 Å². The van der Waals surface area contributed by atoms with Crippen molar-refractivity contribution in [3.8, 4) is 0 Å². The standard InChI is InChI=1S/C13H19N3O3/c1-10(9-16-4-6-19-7-5-16)15-12-2-3-14-8-11(12)13(17)18/h2-3,8,10H,4-7,9H2,1H3,(H,14,15)(H,17,18). The summed E-state index contributed by atoms with van der Waals surface area (Å²) in [6.45, 7) is 6.29. The van der Waals surface area contributed by atoms with E-state index < -0.39 is 5.97 Å². The Morgan fingerprint density at radius 2 is 2.32 bits per heavy atom. The molecular weight excluding hydrogens is 246 g/mol. The van der Waals surface area contributed by atoms with Crippen LogP contribution in [0.2, 0.25) is 0 Å². The second-order valence-electron chi connectivity index (χ2n) is 4.68. The van der Waals surface area contributed by atoms with Gasteiger partial charge in [0, 0.05) is 38.1 Å². The zero-order chi connectivity index (χ0) is 13.7. The molecule has 6 heteroatoms. The van der Waals surface area contributed by atoms with Gasteiger partial charge in [-0.2, -0.15) is 0 Å². The number of hydrogen-bond donors (Lipinski definition) is 2.